The molecule has 94 valence electrons. The molecule has 0 saturated heterocycles. The summed E-state index contributed by atoms with van der Waals surface area (Å²) < 4.78 is 1.78. The van der Waals surface area contributed by atoms with Crippen LogP contribution in [0.15, 0.2) is 54.7 Å². The second-order valence-corrected chi connectivity index (χ2v) is 4.78. The predicted octanol–water partition coefficient (Wildman–Crippen LogP) is 3.90. The highest BCUT2D eigenvalue weighted by molar-refractivity contribution is 6.30. The molecule has 2 aromatic carbocycles. The van der Waals surface area contributed by atoms with Crippen LogP contribution < -0.4 is 0 Å². The van der Waals surface area contributed by atoms with E-state index in [1.165, 1.54) is 0 Å². The standard InChI is InChI=1S/C15H12ClN3/c1-11-5-2-3-8-15(11)19-10-14(17-18-19)12-6-4-7-13(16)9-12/h2-10H,1H3. The van der Waals surface area contributed by atoms with Crippen LogP contribution in [0.2, 0.25) is 5.02 Å². The maximum Gasteiger partial charge on any atom is 0.113 e. The van der Waals surface area contributed by atoms with Crippen molar-refractivity contribution in [3.63, 3.8) is 0 Å². The predicted molar refractivity (Wildman–Crippen MR) is 76.5 cm³/mol. The van der Waals surface area contributed by atoms with Crippen molar-refractivity contribution in [3.8, 4) is 16.9 Å². The summed E-state index contributed by atoms with van der Waals surface area (Å²) >= 11 is 5.99. The van der Waals surface area contributed by atoms with E-state index >= 15 is 0 Å². The molecule has 0 atom stereocenters. The van der Waals surface area contributed by atoms with E-state index in [1.807, 2.05) is 48.7 Å². The minimum atomic E-state index is 0.697. The number of hydrogen-bond acceptors (Lipinski definition) is 2. The second kappa shape index (κ2) is 4.86. The summed E-state index contributed by atoms with van der Waals surface area (Å²) in [4.78, 5) is 0. The van der Waals surface area contributed by atoms with Crippen molar-refractivity contribution in [1.29, 1.82) is 0 Å². The average molecular weight is 270 g/mol. The van der Waals surface area contributed by atoms with Crippen LogP contribution in [0.5, 0.6) is 0 Å². The van der Waals surface area contributed by atoms with Gasteiger partial charge in [-0.25, -0.2) is 4.68 Å². The Morgan fingerprint density at radius 2 is 1.89 bits per heavy atom. The van der Waals surface area contributed by atoms with Gasteiger partial charge in [-0.05, 0) is 30.7 Å². The quantitative estimate of drug-likeness (QED) is 0.706. The molecule has 0 saturated carbocycles. The van der Waals surface area contributed by atoms with Gasteiger partial charge in [-0.2, -0.15) is 0 Å². The molecular weight excluding hydrogens is 258 g/mol. The van der Waals surface area contributed by atoms with Gasteiger partial charge in [-0.15, -0.1) is 5.10 Å². The summed E-state index contributed by atoms with van der Waals surface area (Å²) in [7, 11) is 0. The lowest BCUT2D eigenvalue weighted by molar-refractivity contribution is 0.799. The summed E-state index contributed by atoms with van der Waals surface area (Å²) in [6.07, 6.45) is 1.91. The van der Waals surface area contributed by atoms with E-state index in [0.29, 0.717) is 5.02 Å². The van der Waals surface area contributed by atoms with E-state index in [1.54, 1.807) is 4.68 Å². The van der Waals surface area contributed by atoms with Crippen LogP contribution in [0.3, 0.4) is 0 Å². The number of halogens is 1. The number of para-hydroxylation sites is 1. The van der Waals surface area contributed by atoms with E-state index in [9.17, 15) is 0 Å². The summed E-state index contributed by atoms with van der Waals surface area (Å²) in [5, 5.41) is 9.07. The van der Waals surface area contributed by atoms with E-state index in [-0.39, 0.29) is 0 Å². The second-order valence-electron chi connectivity index (χ2n) is 4.35. The van der Waals surface area contributed by atoms with Crippen molar-refractivity contribution >= 4 is 11.6 Å². The molecule has 3 nitrogen and oxygen atoms in total. The molecule has 1 aromatic heterocycles. The third-order valence-electron chi connectivity index (χ3n) is 2.98. The first kappa shape index (κ1) is 11.9. The summed E-state index contributed by atoms with van der Waals surface area (Å²) in [5.41, 5.74) is 3.96. The van der Waals surface area contributed by atoms with Crippen LogP contribution in [0.4, 0.5) is 0 Å². The van der Waals surface area contributed by atoms with Crippen LogP contribution in [-0.4, -0.2) is 15.0 Å². The van der Waals surface area contributed by atoms with E-state index in [4.69, 9.17) is 11.6 Å². The molecule has 0 fully saturated rings. The molecular formula is C15H12ClN3. The molecule has 0 radical (unpaired) electrons. The van der Waals surface area contributed by atoms with Gasteiger partial charge in [0, 0.05) is 10.6 Å². The normalized spacial score (nSPS) is 10.6. The summed E-state index contributed by atoms with van der Waals surface area (Å²) in [6, 6.07) is 15.7. The highest BCUT2D eigenvalue weighted by atomic mass is 35.5. The molecule has 19 heavy (non-hydrogen) atoms. The average Bonchev–Trinajstić information content (AvgIpc) is 2.89. The molecule has 0 aliphatic heterocycles. The highest BCUT2D eigenvalue weighted by Crippen LogP contribution is 2.21. The first-order chi connectivity index (χ1) is 9.24. The Morgan fingerprint density at radius 1 is 1.05 bits per heavy atom. The largest absolute Gasteiger partial charge is 0.220 e. The minimum absolute atomic E-state index is 0.697. The van der Waals surface area contributed by atoms with E-state index < -0.39 is 0 Å². The zero-order valence-electron chi connectivity index (χ0n) is 10.4. The van der Waals surface area contributed by atoms with E-state index in [2.05, 4.69) is 23.3 Å². The maximum absolute atomic E-state index is 5.99. The number of nitrogens with zero attached hydrogens (tertiary/aromatic N) is 3. The molecule has 0 aliphatic carbocycles. The van der Waals surface area contributed by atoms with Crippen LogP contribution in [-0.2, 0) is 0 Å². The first-order valence-electron chi connectivity index (χ1n) is 5.98. The Morgan fingerprint density at radius 3 is 2.68 bits per heavy atom. The van der Waals surface area contributed by atoms with Crippen molar-refractivity contribution in [2.45, 2.75) is 6.92 Å². The zero-order valence-corrected chi connectivity index (χ0v) is 11.2. The Kier molecular flexibility index (Phi) is 3.05. The molecule has 0 N–H and O–H groups in total. The number of rotatable bonds is 2. The van der Waals surface area contributed by atoms with Gasteiger partial charge in [-0.1, -0.05) is 47.1 Å². The number of aromatic nitrogens is 3. The lowest BCUT2D eigenvalue weighted by atomic mass is 10.2. The molecule has 0 spiro atoms. The minimum Gasteiger partial charge on any atom is -0.220 e. The molecule has 0 aliphatic rings. The van der Waals surface area contributed by atoms with Crippen molar-refractivity contribution < 1.29 is 0 Å². The van der Waals surface area contributed by atoms with Gasteiger partial charge >= 0.3 is 0 Å². The summed E-state index contributed by atoms with van der Waals surface area (Å²) in [6.45, 7) is 2.05. The van der Waals surface area contributed by atoms with Gasteiger partial charge in [0.05, 0.1) is 11.9 Å². The summed E-state index contributed by atoms with van der Waals surface area (Å²) in [5.74, 6) is 0. The Bertz CT molecular complexity index is 719. The van der Waals surface area contributed by atoms with Crippen LogP contribution >= 0.6 is 11.6 Å². The van der Waals surface area contributed by atoms with E-state index in [0.717, 1.165) is 22.5 Å². The zero-order chi connectivity index (χ0) is 13.2. The van der Waals surface area contributed by atoms with Gasteiger partial charge in [0.2, 0.25) is 0 Å². The van der Waals surface area contributed by atoms with Crippen molar-refractivity contribution in [2.24, 2.45) is 0 Å². The molecule has 0 amide bonds. The fourth-order valence-electron chi connectivity index (χ4n) is 1.98. The molecule has 1 heterocycles. The van der Waals surface area contributed by atoms with Crippen LogP contribution in [0.1, 0.15) is 5.56 Å². The molecule has 0 bridgehead atoms. The smallest absolute Gasteiger partial charge is 0.113 e. The monoisotopic (exact) mass is 269 g/mol. The lowest BCUT2D eigenvalue weighted by Crippen LogP contribution is -1.96. The fourth-order valence-corrected chi connectivity index (χ4v) is 2.17. The third kappa shape index (κ3) is 2.37. The third-order valence-corrected chi connectivity index (χ3v) is 3.21. The Labute approximate surface area is 116 Å². The van der Waals surface area contributed by atoms with Crippen LogP contribution in [0, 0.1) is 6.92 Å². The first-order valence-corrected chi connectivity index (χ1v) is 6.36. The topological polar surface area (TPSA) is 30.7 Å². The highest BCUT2D eigenvalue weighted by Gasteiger charge is 2.07. The number of benzene rings is 2. The van der Waals surface area contributed by atoms with Crippen molar-refractivity contribution in [2.75, 3.05) is 0 Å². The van der Waals surface area contributed by atoms with Gasteiger partial charge in [-0.3, -0.25) is 0 Å². The van der Waals surface area contributed by atoms with Crippen molar-refractivity contribution in [3.05, 3.63) is 65.3 Å². The molecule has 4 heteroatoms. The van der Waals surface area contributed by atoms with Gasteiger partial charge in [0.25, 0.3) is 0 Å². The number of aryl methyl sites for hydroxylation is 1. The molecule has 3 aromatic rings. The Balaban J connectivity index is 2.03. The van der Waals surface area contributed by atoms with Crippen LogP contribution in [0.25, 0.3) is 16.9 Å². The van der Waals surface area contributed by atoms with Gasteiger partial charge in [0.1, 0.15) is 5.69 Å². The van der Waals surface area contributed by atoms with Gasteiger partial charge in [0.15, 0.2) is 0 Å². The molecule has 3 rings (SSSR count). The lowest BCUT2D eigenvalue weighted by Gasteiger charge is -2.03. The van der Waals surface area contributed by atoms with Crippen molar-refractivity contribution in [1.82, 2.24) is 15.0 Å². The maximum atomic E-state index is 5.99. The molecule has 0 unspecified atom stereocenters. The van der Waals surface area contributed by atoms with Gasteiger partial charge < -0.3 is 0 Å². The SMILES string of the molecule is Cc1ccccc1-n1cc(-c2cccc(Cl)c2)nn1. The number of hydrogen-bond donors (Lipinski definition) is 0. The Hall–Kier alpha value is -2.13. The fraction of sp³-hybridized carbons (Fsp3) is 0.0667.